The second-order valence-corrected chi connectivity index (χ2v) is 10.4. The van der Waals surface area contributed by atoms with Gasteiger partial charge in [-0.15, -0.1) is 0 Å². The molecule has 0 unspecified atom stereocenters. The molecule has 1 atom stereocenters. The Kier molecular flexibility index (Phi) is 7.03. The summed E-state index contributed by atoms with van der Waals surface area (Å²) in [4.78, 5) is 13.8. The van der Waals surface area contributed by atoms with Gasteiger partial charge in [0.25, 0.3) is 15.9 Å². The quantitative estimate of drug-likeness (QED) is 0.369. The summed E-state index contributed by atoms with van der Waals surface area (Å²) in [5.74, 6) is -0.358. The van der Waals surface area contributed by atoms with Crippen LogP contribution < -0.4 is 9.62 Å². The van der Waals surface area contributed by atoms with Crippen LogP contribution in [0.3, 0.4) is 0 Å². The zero-order valence-corrected chi connectivity index (χ0v) is 20.8. The average Bonchev–Trinajstić information content (AvgIpc) is 2.88. The number of anilines is 1. The summed E-state index contributed by atoms with van der Waals surface area (Å²) in [5.41, 5.74) is 4.52. The second kappa shape index (κ2) is 10.2. The highest BCUT2D eigenvalue weighted by atomic mass is 32.2. The number of nitrogens with zero attached hydrogens (tertiary/aromatic N) is 1. The lowest BCUT2D eigenvalue weighted by Gasteiger charge is -2.25. The maximum absolute atomic E-state index is 13.6. The van der Waals surface area contributed by atoms with Gasteiger partial charge in [0.05, 0.1) is 22.2 Å². The van der Waals surface area contributed by atoms with Crippen LogP contribution in [0.5, 0.6) is 0 Å². The molecule has 1 N–H and O–H groups in total. The standard InChI is InChI=1S/C29H28N2O3S/c1-21-17-19-24(20-18-21)35(33,34)31(3)27-16-10-9-15-26(27)29(32)30-28(23-12-5-4-6-13-23)25-14-8-7-11-22(25)2/h4-20,28H,1-3H3,(H,30,32)/t28-/m0/s1. The number of rotatable bonds is 7. The minimum absolute atomic E-state index is 0.169. The van der Waals surface area contributed by atoms with Crippen LogP contribution in [0.1, 0.15) is 38.7 Å². The molecular weight excluding hydrogens is 456 g/mol. The van der Waals surface area contributed by atoms with Crippen LogP contribution in [0.2, 0.25) is 0 Å². The lowest BCUT2D eigenvalue weighted by atomic mass is 9.94. The van der Waals surface area contributed by atoms with Gasteiger partial charge >= 0.3 is 0 Å². The van der Waals surface area contributed by atoms with Crippen LogP contribution in [0, 0.1) is 13.8 Å². The molecule has 4 rings (SSSR count). The Balaban J connectivity index is 1.71. The fraction of sp³-hybridized carbons (Fsp3) is 0.138. The highest BCUT2D eigenvalue weighted by Crippen LogP contribution is 2.29. The van der Waals surface area contributed by atoms with Crippen molar-refractivity contribution < 1.29 is 13.2 Å². The lowest BCUT2D eigenvalue weighted by molar-refractivity contribution is 0.0943. The fourth-order valence-corrected chi connectivity index (χ4v) is 5.26. The van der Waals surface area contributed by atoms with Gasteiger partial charge in [0.1, 0.15) is 0 Å². The normalized spacial score (nSPS) is 12.1. The van der Waals surface area contributed by atoms with E-state index >= 15 is 0 Å². The van der Waals surface area contributed by atoms with Crippen LogP contribution in [0.4, 0.5) is 5.69 Å². The first-order valence-electron chi connectivity index (χ1n) is 11.3. The molecule has 35 heavy (non-hydrogen) atoms. The third-order valence-electron chi connectivity index (χ3n) is 6.08. The van der Waals surface area contributed by atoms with E-state index in [1.54, 1.807) is 48.5 Å². The molecule has 0 aliphatic heterocycles. The van der Waals surface area contributed by atoms with E-state index in [0.29, 0.717) is 5.69 Å². The molecule has 0 aliphatic carbocycles. The van der Waals surface area contributed by atoms with Gasteiger partial charge in [0.2, 0.25) is 0 Å². The fourth-order valence-electron chi connectivity index (χ4n) is 4.04. The molecule has 6 heteroatoms. The number of aryl methyl sites for hydroxylation is 2. The van der Waals surface area contributed by atoms with E-state index in [1.807, 2.05) is 68.4 Å². The number of amides is 1. The first kappa shape index (κ1) is 24.2. The molecule has 0 heterocycles. The van der Waals surface area contributed by atoms with E-state index in [9.17, 15) is 13.2 Å². The van der Waals surface area contributed by atoms with Gasteiger partial charge in [-0.3, -0.25) is 9.10 Å². The van der Waals surface area contributed by atoms with Gasteiger partial charge in [-0.1, -0.05) is 84.4 Å². The smallest absolute Gasteiger partial charge is 0.264 e. The van der Waals surface area contributed by atoms with E-state index < -0.39 is 16.1 Å². The Morgan fingerprint density at radius 2 is 1.37 bits per heavy atom. The SMILES string of the molecule is Cc1ccc(S(=O)(=O)N(C)c2ccccc2C(=O)N[C@@H](c2ccccc2)c2ccccc2C)cc1. The Bertz CT molecular complexity index is 1430. The van der Waals surface area contributed by atoms with E-state index in [1.165, 1.54) is 7.05 Å². The number of benzene rings is 4. The predicted octanol–water partition coefficient (Wildman–Crippen LogP) is 5.65. The Hall–Kier alpha value is -3.90. The number of carbonyl (C=O) groups is 1. The van der Waals surface area contributed by atoms with E-state index in [0.717, 1.165) is 26.6 Å². The van der Waals surface area contributed by atoms with Crippen LogP contribution >= 0.6 is 0 Å². The minimum atomic E-state index is -3.85. The molecule has 1 amide bonds. The summed E-state index contributed by atoms with van der Waals surface area (Å²) >= 11 is 0. The molecule has 4 aromatic rings. The van der Waals surface area contributed by atoms with Crippen molar-refractivity contribution in [2.45, 2.75) is 24.8 Å². The van der Waals surface area contributed by atoms with Crippen molar-refractivity contribution in [3.05, 3.63) is 131 Å². The summed E-state index contributed by atoms with van der Waals surface area (Å²) < 4.78 is 27.8. The summed E-state index contributed by atoms with van der Waals surface area (Å²) in [6, 6.07) is 30.7. The van der Waals surface area contributed by atoms with Gasteiger partial charge < -0.3 is 5.32 Å². The zero-order chi connectivity index (χ0) is 25.0. The predicted molar refractivity (Wildman–Crippen MR) is 140 cm³/mol. The summed E-state index contributed by atoms with van der Waals surface area (Å²) in [6.45, 7) is 3.91. The van der Waals surface area contributed by atoms with Gasteiger partial charge in [-0.2, -0.15) is 0 Å². The van der Waals surface area contributed by atoms with Gasteiger partial charge in [-0.25, -0.2) is 8.42 Å². The van der Waals surface area contributed by atoms with Gasteiger partial charge in [-0.05, 0) is 54.8 Å². The molecule has 0 bridgehead atoms. The molecule has 0 saturated carbocycles. The number of nitrogens with one attached hydrogen (secondary N) is 1. The highest BCUT2D eigenvalue weighted by Gasteiger charge is 2.26. The molecule has 0 aliphatic rings. The molecule has 178 valence electrons. The van der Waals surface area contributed by atoms with Crippen LogP contribution in [0.15, 0.2) is 108 Å². The molecule has 4 aromatic carbocycles. The Morgan fingerprint density at radius 3 is 2.06 bits per heavy atom. The van der Waals surface area contributed by atoms with E-state index in [2.05, 4.69) is 5.32 Å². The number of hydrogen-bond acceptors (Lipinski definition) is 3. The number of hydrogen-bond donors (Lipinski definition) is 1. The number of sulfonamides is 1. The first-order valence-corrected chi connectivity index (χ1v) is 12.8. The third kappa shape index (κ3) is 5.12. The van der Waals surface area contributed by atoms with Crippen molar-refractivity contribution in [1.29, 1.82) is 0 Å². The van der Waals surface area contributed by atoms with E-state index in [4.69, 9.17) is 0 Å². The topological polar surface area (TPSA) is 66.5 Å². The van der Waals surface area contributed by atoms with Crippen LogP contribution in [0.25, 0.3) is 0 Å². The molecule has 5 nitrogen and oxygen atoms in total. The summed E-state index contributed by atoms with van der Waals surface area (Å²) in [6.07, 6.45) is 0. The van der Waals surface area contributed by atoms with Crippen molar-refractivity contribution in [3.63, 3.8) is 0 Å². The molecule has 0 spiro atoms. The molecule has 0 fully saturated rings. The maximum atomic E-state index is 13.6. The molecular formula is C29H28N2O3S. The van der Waals surface area contributed by atoms with Crippen molar-refractivity contribution in [2.75, 3.05) is 11.4 Å². The van der Waals surface area contributed by atoms with Crippen LogP contribution in [-0.4, -0.2) is 21.4 Å². The van der Waals surface area contributed by atoms with Crippen molar-refractivity contribution in [3.8, 4) is 0 Å². The third-order valence-corrected chi connectivity index (χ3v) is 7.86. The molecule has 0 aromatic heterocycles. The van der Waals surface area contributed by atoms with Gasteiger partial charge in [0.15, 0.2) is 0 Å². The first-order chi connectivity index (χ1) is 16.8. The number of para-hydroxylation sites is 1. The van der Waals surface area contributed by atoms with E-state index in [-0.39, 0.29) is 16.4 Å². The number of carbonyl (C=O) groups excluding carboxylic acids is 1. The van der Waals surface area contributed by atoms with Crippen molar-refractivity contribution in [1.82, 2.24) is 5.32 Å². The highest BCUT2D eigenvalue weighted by molar-refractivity contribution is 7.92. The van der Waals surface area contributed by atoms with Crippen LogP contribution in [-0.2, 0) is 10.0 Å². The zero-order valence-electron chi connectivity index (χ0n) is 20.0. The van der Waals surface area contributed by atoms with Gasteiger partial charge in [0, 0.05) is 7.05 Å². The van der Waals surface area contributed by atoms with Crippen molar-refractivity contribution >= 4 is 21.6 Å². The summed E-state index contributed by atoms with van der Waals surface area (Å²) in [7, 11) is -2.38. The monoisotopic (exact) mass is 484 g/mol. The molecule has 0 saturated heterocycles. The second-order valence-electron chi connectivity index (χ2n) is 8.48. The minimum Gasteiger partial charge on any atom is -0.341 e. The lowest BCUT2D eigenvalue weighted by Crippen LogP contribution is -2.33. The Morgan fingerprint density at radius 1 is 0.771 bits per heavy atom. The van der Waals surface area contributed by atoms with Crippen molar-refractivity contribution in [2.24, 2.45) is 0 Å². The maximum Gasteiger partial charge on any atom is 0.264 e. The largest absolute Gasteiger partial charge is 0.341 e. The average molecular weight is 485 g/mol. The summed E-state index contributed by atoms with van der Waals surface area (Å²) in [5, 5.41) is 3.14. The Labute approximate surface area is 207 Å². The molecule has 0 radical (unpaired) electrons.